The third-order valence-electron chi connectivity index (χ3n) is 4.70. The first-order valence-corrected chi connectivity index (χ1v) is 9.68. The topological polar surface area (TPSA) is 101 Å². The molecule has 2 N–H and O–H groups in total. The van der Waals surface area contributed by atoms with Crippen molar-refractivity contribution >= 4 is 46.9 Å². The van der Waals surface area contributed by atoms with Gasteiger partial charge in [-0.25, -0.2) is 9.78 Å². The number of aromatic nitrogens is 1. The zero-order valence-corrected chi connectivity index (χ0v) is 18.0. The molecule has 1 aromatic heterocycles. The van der Waals surface area contributed by atoms with E-state index < -0.39 is 42.0 Å². The molecule has 0 saturated carbocycles. The molecule has 1 fully saturated rings. The molecule has 2 heterocycles. The minimum Gasteiger partial charge on any atom is -0.406 e. The van der Waals surface area contributed by atoms with E-state index in [9.17, 15) is 27.6 Å². The van der Waals surface area contributed by atoms with Crippen LogP contribution >= 0.6 is 23.2 Å². The quantitative estimate of drug-likeness (QED) is 0.616. The Balaban J connectivity index is 1.74. The maximum Gasteiger partial charge on any atom is 0.573 e. The average Bonchev–Trinajstić information content (AvgIpc) is 2.91. The fourth-order valence-electron chi connectivity index (χ4n) is 2.99. The Kier molecular flexibility index (Phi) is 6.25. The number of urea groups is 1. The van der Waals surface area contributed by atoms with Crippen LogP contribution in [0.5, 0.6) is 5.75 Å². The number of halogens is 5. The molecule has 1 aliphatic rings. The largest absolute Gasteiger partial charge is 0.573 e. The van der Waals surface area contributed by atoms with Gasteiger partial charge in [0.05, 0.1) is 10.0 Å². The average molecular weight is 491 g/mol. The molecule has 170 valence electrons. The molecule has 32 heavy (non-hydrogen) atoms. The smallest absolute Gasteiger partial charge is 0.406 e. The number of alkyl halides is 3. The highest BCUT2D eigenvalue weighted by Gasteiger charge is 2.49. The van der Waals surface area contributed by atoms with Crippen LogP contribution in [0.1, 0.15) is 18.1 Å². The van der Waals surface area contributed by atoms with Gasteiger partial charge in [-0.2, -0.15) is 0 Å². The van der Waals surface area contributed by atoms with E-state index in [1.165, 1.54) is 25.3 Å². The predicted molar refractivity (Wildman–Crippen MR) is 108 cm³/mol. The van der Waals surface area contributed by atoms with Crippen LogP contribution in [0.15, 0.2) is 30.5 Å². The van der Waals surface area contributed by atoms with Crippen LogP contribution in [-0.4, -0.2) is 40.6 Å². The summed E-state index contributed by atoms with van der Waals surface area (Å²) >= 11 is 12.0. The fraction of sp³-hybridized carbons (Fsp3) is 0.263. The first-order chi connectivity index (χ1) is 14.8. The van der Waals surface area contributed by atoms with E-state index in [0.717, 1.165) is 12.1 Å². The number of anilines is 1. The van der Waals surface area contributed by atoms with Crippen molar-refractivity contribution in [1.82, 2.24) is 15.2 Å². The van der Waals surface area contributed by atoms with Crippen molar-refractivity contribution < 1.29 is 32.3 Å². The van der Waals surface area contributed by atoms with Crippen LogP contribution in [0.4, 0.5) is 23.8 Å². The minimum atomic E-state index is -4.87. The van der Waals surface area contributed by atoms with Gasteiger partial charge >= 0.3 is 12.4 Å². The highest BCUT2D eigenvalue weighted by atomic mass is 35.5. The van der Waals surface area contributed by atoms with Crippen molar-refractivity contribution in [2.24, 2.45) is 0 Å². The first-order valence-electron chi connectivity index (χ1n) is 8.92. The highest BCUT2D eigenvalue weighted by Crippen LogP contribution is 2.32. The van der Waals surface area contributed by atoms with Crippen LogP contribution in [0.2, 0.25) is 10.0 Å². The number of rotatable bonds is 5. The number of carbonyl (C=O) groups is 3. The molecule has 1 saturated heterocycles. The van der Waals surface area contributed by atoms with E-state index in [2.05, 4.69) is 20.4 Å². The molecule has 0 bridgehead atoms. The predicted octanol–water partition coefficient (Wildman–Crippen LogP) is 4.00. The highest BCUT2D eigenvalue weighted by molar-refractivity contribution is 6.37. The molecule has 0 aliphatic carbocycles. The normalized spacial score (nSPS) is 18.5. The van der Waals surface area contributed by atoms with Gasteiger partial charge in [0.2, 0.25) is 5.91 Å². The summed E-state index contributed by atoms with van der Waals surface area (Å²) in [4.78, 5) is 42.2. The Labute approximate surface area is 189 Å². The van der Waals surface area contributed by atoms with Gasteiger partial charge in [-0.1, -0.05) is 35.3 Å². The molecule has 8 nitrogen and oxygen atoms in total. The summed E-state index contributed by atoms with van der Waals surface area (Å²) in [5.74, 6) is -1.99. The molecule has 4 amide bonds. The second-order valence-corrected chi connectivity index (χ2v) is 7.75. The summed E-state index contributed by atoms with van der Waals surface area (Å²) in [6.07, 6.45) is -3.58. The van der Waals surface area contributed by atoms with E-state index in [-0.39, 0.29) is 16.4 Å². The number of amides is 4. The van der Waals surface area contributed by atoms with E-state index in [1.54, 1.807) is 6.92 Å². The minimum absolute atomic E-state index is 0.00800. The molecule has 0 spiro atoms. The lowest BCUT2D eigenvalue weighted by atomic mass is 9.92. The summed E-state index contributed by atoms with van der Waals surface area (Å²) < 4.78 is 40.8. The molecule has 2 aromatic rings. The standard InChI is InChI=1S/C19H15Cl2F3N4O4/c1-9-12(20)7-25-15(14(9)21)26-13(29)8-28-16(30)18(2,27-17(28)31)10-3-5-11(6-4-10)32-19(22,23)24/h3-7H,8H2,1-2H3,(H,27,31)(H,25,26,29). The van der Waals surface area contributed by atoms with Crippen LogP contribution < -0.4 is 15.4 Å². The van der Waals surface area contributed by atoms with Gasteiger partial charge in [-0.15, -0.1) is 13.2 Å². The molecule has 1 aliphatic heterocycles. The van der Waals surface area contributed by atoms with Crippen molar-refractivity contribution in [3.63, 3.8) is 0 Å². The lowest BCUT2D eigenvalue weighted by Crippen LogP contribution is -2.42. The number of hydrogen-bond acceptors (Lipinski definition) is 5. The Morgan fingerprint density at radius 3 is 2.47 bits per heavy atom. The summed E-state index contributed by atoms with van der Waals surface area (Å²) in [5.41, 5.74) is -0.911. The molecule has 1 atom stereocenters. The van der Waals surface area contributed by atoms with Crippen molar-refractivity contribution in [3.05, 3.63) is 51.6 Å². The first kappa shape index (κ1) is 23.6. The second-order valence-electron chi connectivity index (χ2n) is 6.96. The lowest BCUT2D eigenvalue weighted by molar-refractivity contribution is -0.274. The maximum absolute atomic E-state index is 12.9. The zero-order chi connectivity index (χ0) is 23.8. The number of hydrogen-bond donors (Lipinski definition) is 2. The Morgan fingerprint density at radius 2 is 1.88 bits per heavy atom. The van der Waals surface area contributed by atoms with Gasteiger partial charge in [0.15, 0.2) is 5.82 Å². The molecule has 0 radical (unpaired) electrons. The number of imide groups is 1. The maximum atomic E-state index is 12.9. The van der Waals surface area contributed by atoms with E-state index >= 15 is 0 Å². The van der Waals surface area contributed by atoms with E-state index in [0.29, 0.717) is 15.5 Å². The van der Waals surface area contributed by atoms with Crippen molar-refractivity contribution in [2.45, 2.75) is 25.7 Å². The number of pyridine rings is 1. The van der Waals surface area contributed by atoms with Gasteiger partial charge in [0.1, 0.15) is 17.8 Å². The lowest BCUT2D eigenvalue weighted by Gasteiger charge is -2.22. The summed E-state index contributed by atoms with van der Waals surface area (Å²) in [6, 6.07) is 3.60. The Bertz CT molecular complexity index is 1100. The third-order valence-corrected chi connectivity index (χ3v) is 5.55. The Morgan fingerprint density at radius 1 is 1.25 bits per heavy atom. The van der Waals surface area contributed by atoms with E-state index in [1.807, 2.05) is 0 Å². The van der Waals surface area contributed by atoms with Gasteiger partial charge < -0.3 is 15.4 Å². The van der Waals surface area contributed by atoms with E-state index in [4.69, 9.17) is 23.2 Å². The van der Waals surface area contributed by atoms with Gasteiger partial charge in [-0.05, 0) is 37.1 Å². The summed E-state index contributed by atoms with van der Waals surface area (Å²) in [7, 11) is 0. The van der Waals surface area contributed by atoms with Gasteiger partial charge in [0, 0.05) is 6.20 Å². The molecule has 1 unspecified atom stereocenters. The van der Waals surface area contributed by atoms with Crippen LogP contribution in [0.3, 0.4) is 0 Å². The van der Waals surface area contributed by atoms with Crippen molar-refractivity contribution in [3.8, 4) is 5.75 Å². The molecular formula is C19H15Cl2F3N4O4. The molecule has 13 heteroatoms. The Hall–Kier alpha value is -3.05. The number of nitrogens with one attached hydrogen (secondary N) is 2. The zero-order valence-electron chi connectivity index (χ0n) is 16.5. The van der Waals surface area contributed by atoms with Crippen LogP contribution in [-0.2, 0) is 15.1 Å². The molecule has 1 aromatic carbocycles. The second kappa shape index (κ2) is 8.47. The van der Waals surface area contributed by atoms with Crippen LogP contribution in [0.25, 0.3) is 0 Å². The van der Waals surface area contributed by atoms with Crippen LogP contribution in [0, 0.1) is 6.92 Å². The third kappa shape index (κ3) is 4.73. The number of carbonyl (C=O) groups excluding carboxylic acids is 3. The molecule has 3 rings (SSSR count). The summed E-state index contributed by atoms with van der Waals surface area (Å²) in [5, 5.41) is 5.25. The van der Waals surface area contributed by atoms with Crippen molar-refractivity contribution in [2.75, 3.05) is 11.9 Å². The van der Waals surface area contributed by atoms with Gasteiger partial charge in [-0.3, -0.25) is 14.5 Å². The number of benzene rings is 1. The SMILES string of the molecule is Cc1c(Cl)cnc(NC(=O)CN2C(=O)NC(C)(c3ccc(OC(F)(F)F)cc3)C2=O)c1Cl. The summed E-state index contributed by atoms with van der Waals surface area (Å²) in [6.45, 7) is 2.34. The molecular weight excluding hydrogens is 476 g/mol. The van der Waals surface area contributed by atoms with Crippen molar-refractivity contribution in [1.29, 1.82) is 0 Å². The fourth-order valence-corrected chi connectivity index (χ4v) is 3.38. The van der Waals surface area contributed by atoms with Gasteiger partial charge in [0.25, 0.3) is 5.91 Å². The number of nitrogens with zero attached hydrogens (tertiary/aromatic N) is 2. The number of ether oxygens (including phenoxy) is 1. The monoisotopic (exact) mass is 490 g/mol.